The van der Waals surface area contributed by atoms with Gasteiger partial charge in [-0.05, 0) is 12.3 Å². The fourth-order valence-corrected chi connectivity index (χ4v) is 1.25. The zero-order valence-electron chi connectivity index (χ0n) is 6.00. The highest BCUT2D eigenvalue weighted by atomic mass is 16.6. The van der Waals surface area contributed by atoms with E-state index in [0.29, 0.717) is 11.8 Å². The van der Waals surface area contributed by atoms with Crippen molar-refractivity contribution in [2.45, 2.75) is 26.6 Å². The van der Waals surface area contributed by atoms with Crippen molar-refractivity contribution in [1.82, 2.24) is 0 Å². The van der Waals surface area contributed by atoms with Gasteiger partial charge in [0.15, 0.2) is 6.29 Å². The van der Waals surface area contributed by atoms with Crippen LogP contribution in [0.1, 0.15) is 20.3 Å². The van der Waals surface area contributed by atoms with E-state index >= 15 is 0 Å². The predicted molar refractivity (Wildman–Crippen MR) is 34.9 cm³/mol. The third-order valence-corrected chi connectivity index (χ3v) is 1.96. The minimum absolute atomic E-state index is 0.366. The maximum absolute atomic E-state index is 9.14. The van der Waals surface area contributed by atoms with Gasteiger partial charge in [0.05, 0.1) is 6.61 Å². The lowest BCUT2D eigenvalue weighted by atomic mass is 9.94. The number of hydrogen-bond donors (Lipinski definition) is 1. The topological polar surface area (TPSA) is 29.5 Å². The van der Waals surface area contributed by atoms with E-state index in [-0.39, 0.29) is 0 Å². The highest BCUT2D eigenvalue weighted by Crippen LogP contribution is 2.25. The fraction of sp³-hybridized carbons (Fsp3) is 1.00. The van der Waals surface area contributed by atoms with Crippen molar-refractivity contribution in [3.8, 4) is 0 Å². The standard InChI is InChI=1S/C7H14O2/c1-5(2)6-3-4-9-7(6)8/h5-8H,3-4H2,1-2H3/t6-,7+/m1/s1. The summed E-state index contributed by atoms with van der Waals surface area (Å²) in [6.45, 7) is 4.95. The Kier molecular flexibility index (Phi) is 2.09. The summed E-state index contributed by atoms with van der Waals surface area (Å²) in [6.07, 6.45) is 0.517. The van der Waals surface area contributed by atoms with E-state index in [9.17, 15) is 0 Å². The van der Waals surface area contributed by atoms with Crippen molar-refractivity contribution >= 4 is 0 Å². The summed E-state index contributed by atoms with van der Waals surface area (Å²) >= 11 is 0. The Morgan fingerprint density at radius 1 is 1.56 bits per heavy atom. The van der Waals surface area contributed by atoms with Crippen LogP contribution in [0.3, 0.4) is 0 Å². The summed E-state index contributed by atoms with van der Waals surface area (Å²) in [5, 5.41) is 9.14. The molecule has 2 nitrogen and oxygen atoms in total. The van der Waals surface area contributed by atoms with Crippen LogP contribution in [0.4, 0.5) is 0 Å². The van der Waals surface area contributed by atoms with Crippen LogP contribution in [-0.2, 0) is 4.74 Å². The number of rotatable bonds is 1. The normalized spacial score (nSPS) is 36.0. The molecule has 0 amide bonds. The minimum atomic E-state index is -0.495. The van der Waals surface area contributed by atoms with Crippen molar-refractivity contribution in [3.05, 3.63) is 0 Å². The first kappa shape index (κ1) is 7.03. The Labute approximate surface area is 55.8 Å². The summed E-state index contributed by atoms with van der Waals surface area (Å²) in [7, 11) is 0. The van der Waals surface area contributed by atoms with E-state index < -0.39 is 6.29 Å². The van der Waals surface area contributed by atoms with Crippen LogP contribution in [-0.4, -0.2) is 18.0 Å². The highest BCUT2D eigenvalue weighted by molar-refractivity contribution is 4.70. The fourth-order valence-electron chi connectivity index (χ4n) is 1.25. The molecule has 1 aliphatic heterocycles. The van der Waals surface area contributed by atoms with E-state index in [1.54, 1.807) is 0 Å². The molecule has 0 saturated carbocycles. The number of aliphatic hydroxyl groups excluding tert-OH is 1. The molecule has 1 fully saturated rings. The van der Waals surface area contributed by atoms with Gasteiger partial charge in [-0.15, -0.1) is 0 Å². The molecule has 1 saturated heterocycles. The molecule has 54 valence electrons. The van der Waals surface area contributed by atoms with E-state index in [1.807, 2.05) is 0 Å². The Hall–Kier alpha value is -0.0800. The molecule has 2 atom stereocenters. The van der Waals surface area contributed by atoms with Crippen LogP contribution in [0.2, 0.25) is 0 Å². The van der Waals surface area contributed by atoms with Crippen molar-refractivity contribution < 1.29 is 9.84 Å². The molecule has 0 aromatic rings. The average molecular weight is 130 g/mol. The van der Waals surface area contributed by atoms with Crippen molar-refractivity contribution in [3.63, 3.8) is 0 Å². The van der Waals surface area contributed by atoms with Crippen LogP contribution < -0.4 is 0 Å². The van der Waals surface area contributed by atoms with Crippen molar-refractivity contribution in [2.75, 3.05) is 6.61 Å². The molecule has 1 rings (SSSR count). The number of aliphatic hydroxyl groups is 1. The van der Waals surface area contributed by atoms with Gasteiger partial charge in [0.2, 0.25) is 0 Å². The molecule has 9 heavy (non-hydrogen) atoms. The molecule has 0 radical (unpaired) electrons. The lowest BCUT2D eigenvalue weighted by Gasteiger charge is -2.15. The number of hydrogen-bond acceptors (Lipinski definition) is 2. The van der Waals surface area contributed by atoms with Gasteiger partial charge in [0, 0.05) is 5.92 Å². The van der Waals surface area contributed by atoms with Gasteiger partial charge in [-0.2, -0.15) is 0 Å². The van der Waals surface area contributed by atoms with Gasteiger partial charge in [0.25, 0.3) is 0 Å². The molecule has 0 aliphatic carbocycles. The van der Waals surface area contributed by atoms with Gasteiger partial charge >= 0.3 is 0 Å². The third-order valence-electron chi connectivity index (χ3n) is 1.96. The molecule has 1 heterocycles. The molecule has 0 bridgehead atoms. The van der Waals surface area contributed by atoms with Crippen LogP contribution in [0.15, 0.2) is 0 Å². The average Bonchev–Trinajstić information content (AvgIpc) is 2.13. The molecule has 1 aliphatic rings. The predicted octanol–water partition coefficient (Wildman–Crippen LogP) is 0.997. The van der Waals surface area contributed by atoms with Crippen LogP contribution in [0.25, 0.3) is 0 Å². The first-order valence-electron chi connectivity index (χ1n) is 3.51. The number of ether oxygens (including phenoxy) is 1. The molecular formula is C7H14O2. The first-order chi connectivity index (χ1) is 4.22. The Morgan fingerprint density at radius 3 is 2.44 bits per heavy atom. The Morgan fingerprint density at radius 2 is 2.22 bits per heavy atom. The van der Waals surface area contributed by atoms with E-state index in [0.717, 1.165) is 13.0 Å². The maximum Gasteiger partial charge on any atom is 0.157 e. The smallest absolute Gasteiger partial charge is 0.157 e. The molecule has 0 unspecified atom stereocenters. The summed E-state index contributed by atoms with van der Waals surface area (Å²) in [5.74, 6) is 0.910. The quantitative estimate of drug-likeness (QED) is 0.573. The minimum Gasteiger partial charge on any atom is -0.368 e. The first-order valence-corrected chi connectivity index (χ1v) is 3.51. The monoisotopic (exact) mass is 130 g/mol. The second-order valence-electron chi connectivity index (χ2n) is 2.96. The Balaban J connectivity index is 2.40. The molecule has 2 heteroatoms. The van der Waals surface area contributed by atoms with Gasteiger partial charge in [-0.25, -0.2) is 0 Å². The largest absolute Gasteiger partial charge is 0.368 e. The molecule has 0 spiro atoms. The lowest BCUT2D eigenvalue weighted by molar-refractivity contribution is -0.0901. The zero-order valence-corrected chi connectivity index (χ0v) is 6.00. The van der Waals surface area contributed by atoms with E-state index in [4.69, 9.17) is 9.84 Å². The van der Waals surface area contributed by atoms with E-state index in [1.165, 1.54) is 0 Å². The lowest BCUT2D eigenvalue weighted by Crippen LogP contribution is -2.19. The van der Waals surface area contributed by atoms with E-state index in [2.05, 4.69) is 13.8 Å². The summed E-state index contributed by atoms with van der Waals surface area (Å²) < 4.78 is 4.98. The maximum atomic E-state index is 9.14. The molecule has 0 aromatic heterocycles. The second-order valence-corrected chi connectivity index (χ2v) is 2.96. The Bertz CT molecular complexity index is 90.9. The van der Waals surface area contributed by atoms with Crippen LogP contribution >= 0.6 is 0 Å². The summed E-state index contributed by atoms with van der Waals surface area (Å²) in [4.78, 5) is 0. The van der Waals surface area contributed by atoms with Gasteiger partial charge in [-0.1, -0.05) is 13.8 Å². The van der Waals surface area contributed by atoms with Crippen LogP contribution in [0, 0.1) is 11.8 Å². The third kappa shape index (κ3) is 1.43. The van der Waals surface area contributed by atoms with Gasteiger partial charge in [-0.3, -0.25) is 0 Å². The second kappa shape index (κ2) is 2.67. The molecule has 0 aromatic carbocycles. The summed E-state index contributed by atoms with van der Waals surface area (Å²) in [5.41, 5.74) is 0. The molecular weight excluding hydrogens is 116 g/mol. The van der Waals surface area contributed by atoms with Crippen LogP contribution in [0.5, 0.6) is 0 Å². The zero-order chi connectivity index (χ0) is 6.85. The summed E-state index contributed by atoms with van der Waals surface area (Å²) in [6, 6.07) is 0. The molecule has 1 N–H and O–H groups in total. The van der Waals surface area contributed by atoms with Gasteiger partial charge in [0.1, 0.15) is 0 Å². The SMILES string of the molecule is CC(C)[C@H]1CCO[C@@H]1O. The van der Waals surface area contributed by atoms with Gasteiger partial charge < -0.3 is 9.84 Å². The van der Waals surface area contributed by atoms with Crippen molar-refractivity contribution in [2.24, 2.45) is 11.8 Å². The van der Waals surface area contributed by atoms with Crippen molar-refractivity contribution in [1.29, 1.82) is 0 Å². The highest BCUT2D eigenvalue weighted by Gasteiger charge is 2.28.